The van der Waals surface area contributed by atoms with E-state index in [1.807, 2.05) is 23.9 Å². The number of hydrogen-bond donors (Lipinski definition) is 1. The van der Waals surface area contributed by atoms with Crippen molar-refractivity contribution in [2.24, 2.45) is 0 Å². The van der Waals surface area contributed by atoms with Gasteiger partial charge in [0, 0.05) is 9.92 Å². The fraction of sp³-hybridized carbons (Fsp3) is 0.455. The molecule has 1 heterocycles. The minimum atomic E-state index is 0.588. The lowest BCUT2D eigenvalue weighted by molar-refractivity contribution is 0.491. The van der Waals surface area contributed by atoms with Gasteiger partial charge < -0.3 is 5.32 Å². The molecule has 0 aliphatic carbocycles. The highest BCUT2D eigenvalue weighted by Gasteiger charge is 2.13. The van der Waals surface area contributed by atoms with E-state index in [1.165, 1.54) is 24.2 Å². The van der Waals surface area contributed by atoms with Crippen molar-refractivity contribution in [3.63, 3.8) is 0 Å². The zero-order valence-electron chi connectivity index (χ0n) is 8.00. The molecule has 1 aliphatic heterocycles. The molecule has 1 aromatic rings. The highest BCUT2D eigenvalue weighted by Crippen LogP contribution is 2.27. The van der Waals surface area contributed by atoms with E-state index in [2.05, 4.69) is 17.4 Å². The summed E-state index contributed by atoms with van der Waals surface area (Å²) in [7, 11) is 0. The van der Waals surface area contributed by atoms with Gasteiger partial charge in [-0.25, -0.2) is 0 Å². The quantitative estimate of drug-likeness (QED) is 0.830. The standard InChI is InChI=1S/C11H14ClNS/c12-9-4-6-10(7-5-9)14-11-3-1-2-8-13-11/h4-7,11,13H,1-3,8H2. The number of hydrogen-bond acceptors (Lipinski definition) is 2. The number of rotatable bonds is 2. The summed E-state index contributed by atoms with van der Waals surface area (Å²) in [4.78, 5) is 1.30. The lowest BCUT2D eigenvalue weighted by atomic mass is 10.2. The largest absolute Gasteiger partial charge is 0.305 e. The van der Waals surface area contributed by atoms with Crippen LogP contribution in [0.5, 0.6) is 0 Å². The molecule has 2 rings (SSSR count). The summed E-state index contributed by atoms with van der Waals surface area (Å²) >= 11 is 7.73. The highest BCUT2D eigenvalue weighted by atomic mass is 35.5. The Balaban J connectivity index is 1.92. The average molecular weight is 228 g/mol. The summed E-state index contributed by atoms with van der Waals surface area (Å²) in [5, 5.41) is 4.91. The van der Waals surface area contributed by atoms with E-state index in [1.54, 1.807) is 0 Å². The van der Waals surface area contributed by atoms with Crippen molar-refractivity contribution >= 4 is 23.4 Å². The summed E-state index contributed by atoms with van der Waals surface area (Å²) in [6.07, 6.45) is 3.93. The van der Waals surface area contributed by atoms with Crippen LogP contribution < -0.4 is 5.32 Å². The molecule has 1 N–H and O–H groups in total. The van der Waals surface area contributed by atoms with E-state index < -0.39 is 0 Å². The summed E-state index contributed by atoms with van der Waals surface area (Å²) in [6.45, 7) is 1.16. The number of thioether (sulfide) groups is 1. The molecule has 0 spiro atoms. The van der Waals surface area contributed by atoms with Gasteiger partial charge in [-0.2, -0.15) is 0 Å². The predicted octanol–water partition coefficient (Wildman–Crippen LogP) is 3.53. The van der Waals surface area contributed by atoms with Gasteiger partial charge in [-0.15, -0.1) is 11.8 Å². The molecule has 3 heteroatoms. The van der Waals surface area contributed by atoms with E-state index in [9.17, 15) is 0 Å². The molecule has 14 heavy (non-hydrogen) atoms. The Hall–Kier alpha value is -0.180. The summed E-state index contributed by atoms with van der Waals surface area (Å²) in [5.74, 6) is 0. The molecule has 1 aromatic carbocycles. The first-order valence-corrected chi connectivity index (χ1v) is 6.26. The Morgan fingerprint density at radius 3 is 2.64 bits per heavy atom. The third-order valence-corrected chi connectivity index (χ3v) is 3.84. The van der Waals surface area contributed by atoms with Crippen molar-refractivity contribution in [3.8, 4) is 0 Å². The maximum absolute atomic E-state index is 5.83. The topological polar surface area (TPSA) is 12.0 Å². The van der Waals surface area contributed by atoms with Crippen molar-refractivity contribution in [1.82, 2.24) is 5.32 Å². The van der Waals surface area contributed by atoms with E-state index in [-0.39, 0.29) is 0 Å². The van der Waals surface area contributed by atoms with Gasteiger partial charge in [-0.3, -0.25) is 0 Å². The van der Waals surface area contributed by atoms with Gasteiger partial charge in [0.05, 0.1) is 5.37 Å². The number of halogens is 1. The van der Waals surface area contributed by atoms with Gasteiger partial charge in [0.25, 0.3) is 0 Å². The fourth-order valence-corrected chi connectivity index (χ4v) is 2.83. The second-order valence-corrected chi connectivity index (χ2v) is 5.22. The molecule has 0 bridgehead atoms. The molecule has 0 aromatic heterocycles. The van der Waals surface area contributed by atoms with Gasteiger partial charge in [0.2, 0.25) is 0 Å². The Morgan fingerprint density at radius 2 is 2.00 bits per heavy atom. The molecule has 1 saturated heterocycles. The Bertz CT molecular complexity index is 280. The minimum Gasteiger partial charge on any atom is -0.305 e. The highest BCUT2D eigenvalue weighted by molar-refractivity contribution is 7.99. The molecule has 1 unspecified atom stereocenters. The number of nitrogens with one attached hydrogen (secondary N) is 1. The molecule has 0 amide bonds. The molecule has 1 nitrogen and oxygen atoms in total. The smallest absolute Gasteiger partial charge is 0.0579 e. The van der Waals surface area contributed by atoms with E-state index >= 15 is 0 Å². The average Bonchev–Trinajstić information content (AvgIpc) is 2.23. The normalized spacial score (nSPS) is 22.2. The summed E-state index contributed by atoms with van der Waals surface area (Å²) in [6, 6.07) is 8.08. The van der Waals surface area contributed by atoms with E-state index in [0.29, 0.717) is 5.37 Å². The van der Waals surface area contributed by atoms with Gasteiger partial charge in [-0.1, -0.05) is 11.6 Å². The second-order valence-electron chi connectivity index (χ2n) is 3.51. The first-order valence-electron chi connectivity index (χ1n) is 5.00. The number of piperidine rings is 1. The third-order valence-electron chi connectivity index (χ3n) is 2.36. The molecule has 1 fully saturated rings. The molecular formula is C11H14ClNS. The molecular weight excluding hydrogens is 214 g/mol. The molecule has 0 radical (unpaired) electrons. The first-order chi connectivity index (χ1) is 6.84. The van der Waals surface area contributed by atoms with E-state index in [4.69, 9.17) is 11.6 Å². The van der Waals surface area contributed by atoms with Gasteiger partial charge in [0.1, 0.15) is 0 Å². The van der Waals surface area contributed by atoms with Crippen molar-refractivity contribution in [1.29, 1.82) is 0 Å². The van der Waals surface area contributed by atoms with Crippen LogP contribution >= 0.6 is 23.4 Å². The molecule has 76 valence electrons. The summed E-state index contributed by atoms with van der Waals surface area (Å²) < 4.78 is 0. The predicted molar refractivity (Wildman–Crippen MR) is 63.0 cm³/mol. The van der Waals surface area contributed by atoms with Crippen LogP contribution in [0.1, 0.15) is 19.3 Å². The fourth-order valence-electron chi connectivity index (χ4n) is 1.60. The number of benzene rings is 1. The van der Waals surface area contributed by atoms with Crippen LogP contribution in [0.4, 0.5) is 0 Å². The lowest BCUT2D eigenvalue weighted by Gasteiger charge is -2.22. The Kier molecular flexibility index (Phi) is 3.74. The Morgan fingerprint density at radius 1 is 1.21 bits per heavy atom. The second kappa shape index (κ2) is 5.06. The van der Waals surface area contributed by atoms with Crippen LogP contribution in [0.25, 0.3) is 0 Å². The van der Waals surface area contributed by atoms with Crippen molar-refractivity contribution in [2.45, 2.75) is 29.5 Å². The van der Waals surface area contributed by atoms with Gasteiger partial charge >= 0.3 is 0 Å². The molecule has 1 aliphatic rings. The van der Waals surface area contributed by atoms with Crippen LogP contribution in [0, 0.1) is 0 Å². The van der Waals surface area contributed by atoms with Crippen molar-refractivity contribution < 1.29 is 0 Å². The Labute approximate surface area is 94.2 Å². The van der Waals surface area contributed by atoms with Crippen LogP contribution in [0.15, 0.2) is 29.2 Å². The van der Waals surface area contributed by atoms with Crippen molar-refractivity contribution in [2.75, 3.05) is 6.54 Å². The summed E-state index contributed by atoms with van der Waals surface area (Å²) in [5.41, 5.74) is 0. The molecule has 0 saturated carbocycles. The third kappa shape index (κ3) is 2.91. The van der Waals surface area contributed by atoms with Crippen LogP contribution in [-0.4, -0.2) is 11.9 Å². The van der Waals surface area contributed by atoms with Crippen LogP contribution in [0.2, 0.25) is 5.02 Å². The van der Waals surface area contributed by atoms with Gasteiger partial charge in [0.15, 0.2) is 0 Å². The van der Waals surface area contributed by atoms with Crippen LogP contribution in [0.3, 0.4) is 0 Å². The van der Waals surface area contributed by atoms with Crippen molar-refractivity contribution in [3.05, 3.63) is 29.3 Å². The SMILES string of the molecule is Clc1ccc(SC2CCCCN2)cc1. The minimum absolute atomic E-state index is 0.588. The first kappa shape index (κ1) is 10.3. The van der Waals surface area contributed by atoms with Gasteiger partial charge in [-0.05, 0) is 50.1 Å². The van der Waals surface area contributed by atoms with E-state index in [0.717, 1.165) is 11.6 Å². The maximum atomic E-state index is 5.83. The zero-order chi connectivity index (χ0) is 9.80. The maximum Gasteiger partial charge on any atom is 0.0579 e. The zero-order valence-corrected chi connectivity index (χ0v) is 9.57. The monoisotopic (exact) mass is 227 g/mol. The lowest BCUT2D eigenvalue weighted by Crippen LogP contribution is -2.30. The molecule has 1 atom stereocenters. The van der Waals surface area contributed by atoms with Crippen LogP contribution in [-0.2, 0) is 0 Å².